The number of phosphoric ester groups is 2. The molecule has 10 atom stereocenters. The highest BCUT2D eigenvalue weighted by atomic mass is 35.6. The number of alkyl halides is 6. The Balaban J connectivity index is 0.831. The maximum absolute atomic E-state index is 16.0. The molecule has 2 aliphatic carbocycles. The molecule has 0 spiro atoms. The molecule has 2 aliphatic heterocycles. The Morgan fingerprint density at radius 3 is 0.865 bits per heavy atom. The minimum atomic E-state index is -5.03. The maximum atomic E-state index is 16.0. The molecule has 10 aromatic rings. The summed E-state index contributed by atoms with van der Waals surface area (Å²) in [5.41, 5.74) is 10.7. The first kappa shape index (κ1) is 93.2. The molecule has 4 aliphatic rings. The molecule has 26 nitrogen and oxygen atoms in total. The minimum absolute atomic E-state index is 0.0633. The van der Waals surface area contributed by atoms with Gasteiger partial charge in [-0.3, -0.25) is 27.1 Å². The van der Waals surface area contributed by atoms with E-state index in [1.807, 2.05) is 133 Å². The largest absolute Gasteiger partial charge is 0.508 e. The Kier molecular flexibility index (Phi) is 33.1. The zero-order valence-electron chi connectivity index (χ0n) is 67.3. The number of phosphoric acid groups is 2. The van der Waals surface area contributed by atoms with Crippen molar-refractivity contribution in [3.05, 3.63) is 335 Å². The van der Waals surface area contributed by atoms with Crippen LogP contribution in [0.4, 0.5) is 19.2 Å². The molecule has 2 saturated heterocycles. The lowest BCUT2D eigenvalue weighted by Gasteiger charge is -2.46. The number of hydrogen-bond acceptors (Lipinski definition) is 24. The van der Waals surface area contributed by atoms with Crippen LogP contribution >= 0.6 is 85.3 Å². The van der Waals surface area contributed by atoms with Gasteiger partial charge in [-0.05, 0) is 77.9 Å². The van der Waals surface area contributed by atoms with Crippen LogP contribution < -0.4 is 10.6 Å². The van der Waals surface area contributed by atoms with Gasteiger partial charge in [0.05, 0.1) is 66.1 Å². The zero-order chi connectivity index (χ0) is 87.9. The number of rotatable bonds is 39. The van der Waals surface area contributed by atoms with Crippen molar-refractivity contribution in [2.75, 3.05) is 52.9 Å². The number of amides is 2. The van der Waals surface area contributed by atoms with Crippen LogP contribution in [0.1, 0.15) is 67.5 Å². The van der Waals surface area contributed by atoms with Crippen molar-refractivity contribution in [1.82, 2.24) is 10.6 Å². The van der Waals surface area contributed by atoms with E-state index in [0.717, 1.165) is 44.5 Å². The molecule has 34 heteroatoms. The Labute approximate surface area is 757 Å². The molecule has 10 aromatic carbocycles. The third kappa shape index (κ3) is 26.4. The van der Waals surface area contributed by atoms with Crippen LogP contribution in [-0.2, 0) is 133 Å². The van der Waals surface area contributed by atoms with Crippen LogP contribution in [0.25, 0.3) is 22.3 Å². The first-order valence-corrected chi connectivity index (χ1v) is 45.4. The average molecular weight is 1880 g/mol. The second-order valence-electron chi connectivity index (χ2n) is 29.4. The predicted octanol–water partition coefficient (Wildman–Crippen LogP) is 20.4. The van der Waals surface area contributed by atoms with Gasteiger partial charge in [0.2, 0.25) is 7.59 Å². The first-order valence-electron chi connectivity index (χ1n) is 40.2. The maximum Gasteiger partial charge on any atom is 0.508 e. The summed E-state index contributed by atoms with van der Waals surface area (Å²) in [6.07, 6.45) is -19.9. The van der Waals surface area contributed by atoms with Gasteiger partial charge < -0.3 is 67.5 Å². The molecule has 2 fully saturated rings. The molecule has 2 amide bonds. The van der Waals surface area contributed by atoms with Crippen molar-refractivity contribution >= 4 is 110 Å². The second-order valence-corrected chi connectivity index (χ2v) is 37.6. The van der Waals surface area contributed by atoms with Crippen LogP contribution in [0, 0.1) is 0 Å². The number of benzene rings is 10. The van der Waals surface area contributed by atoms with Crippen molar-refractivity contribution < 1.29 is 112 Å². The Hall–Kier alpha value is -9.00. The zero-order valence-corrected chi connectivity index (χ0v) is 73.7. The predicted molar refractivity (Wildman–Crippen MR) is 468 cm³/mol. The van der Waals surface area contributed by atoms with Crippen molar-refractivity contribution in [1.29, 1.82) is 0 Å². The summed E-state index contributed by atoms with van der Waals surface area (Å²) in [5, 5.41) is 5.31. The van der Waals surface area contributed by atoms with Crippen molar-refractivity contribution in [2.24, 2.45) is 0 Å². The third-order valence-electron chi connectivity index (χ3n) is 20.6. The van der Waals surface area contributed by atoms with E-state index in [-0.39, 0.29) is 52.9 Å². The molecule has 0 bridgehead atoms. The van der Waals surface area contributed by atoms with Gasteiger partial charge in [-0.1, -0.05) is 349 Å². The molecule has 2 N–H and O–H groups in total. The van der Waals surface area contributed by atoms with Crippen molar-refractivity contribution in [3.8, 4) is 22.3 Å². The van der Waals surface area contributed by atoms with Gasteiger partial charge in [0.1, 0.15) is 62.9 Å². The van der Waals surface area contributed by atoms with Gasteiger partial charge in [0.25, 0.3) is 0 Å². The number of alkyl carbamates (subject to hydrolysis) is 2. The van der Waals surface area contributed by atoms with E-state index in [9.17, 15) is 9.59 Å². The van der Waals surface area contributed by atoms with E-state index in [1.54, 1.807) is 146 Å². The molecule has 0 aromatic heterocycles. The fourth-order valence-corrected chi connectivity index (χ4v) is 17.8. The lowest BCUT2D eigenvalue weighted by atomic mass is 9.96. The topological polar surface area (TPSA) is 293 Å². The van der Waals surface area contributed by atoms with Gasteiger partial charge in [0.15, 0.2) is 24.8 Å². The quantitative estimate of drug-likeness (QED) is 0.0119. The summed E-state index contributed by atoms with van der Waals surface area (Å²) < 4.78 is 142. The van der Waals surface area contributed by atoms with E-state index < -0.39 is 160 Å². The molecule has 0 unspecified atom stereocenters. The summed E-state index contributed by atoms with van der Waals surface area (Å²) in [7, 11) is -10.1. The minimum Gasteiger partial charge on any atom is -0.445 e. The molecular formula is C92H88Cl6N2O24P2. The summed E-state index contributed by atoms with van der Waals surface area (Å²) in [6.45, 7) is -6.06. The van der Waals surface area contributed by atoms with E-state index in [1.165, 1.54) is 0 Å². The Morgan fingerprint density at radius 1 is 0.325 bits per heavy atom. The Morgan fingerprint density at radius 2 is 0.587 bits per heavy atom. The summed E-state index contributed by atoms with van der Waals surface area (Å²) in [4.78, 5) is 59.5. The van der Waals surface area contributed by atoms with Crippen molar-refractivity contribution in [3.63, 3.8) is 0 Å². The molecular weight excluding hydrogens is 1790 g/mol. The lowest BCUT2D eigenvalue weighted by molar-refractivity contribution is -0.289. The van der Waals surface area contributed by atoms with Crippen LogP contribution in [-0.4, -0.2) is 146 Å². The molecule has 0 saturated carbocycles. The standard InChI is InChI=1S/C92H88Cl6N2O24P2/c93-91(94,95)59-113-87(101)99-79-83(121-89(103)111-55-75-71-43-23-19-39-67(71)68-40-20-24-44-72(68)75)81(123-125(105,115-51-63-31-11-3-12-32-63)116-52-64-33-13-4-14-34-64)77(57-107-49-61-27-7-1-8-28-61)119-85(79)109-47-48-110-86-80(100-88(102)114-60-92(96,97)98)84(122-90(104)112-56-76-73-45-25-21-41-69(73)70-42-22-26-46-74(70)76)82(78(120-86)58-108-50-62-29-9-2-10-30-62)124-126(106,117-53-65-35-15-5-16-36-65)118-54-66-37-17-6-18-38-66/h1-46,75-86H,47-60H2,(H,99,101)(H,100,102)/t77-,78-,79-,80-,81-,82-,83-,84-,85+,86+/m1/s1. The number of hydrogen-bond donors (Lipinski definition) is 2. The van der Waals surface area contributed by atoms with E-state index >= 15 is 18.7 Å². The summed E-state index contributed by atoms with van der Waals surface area (Å²) in [5.74, 6) is -1.02. The average Bonchev–Trinajstić information content (AvgIpc) is 1.49. The van der Waals surface area contributed by atoms with Gasteiger partial charge in [-0.25, -0.2) is 28.3 Å². The van der Waals surface area contributed by atoms with Crippen LogP contribution in [0.3, 0.4) is 0 Å². The van der Waals surface area contributed by atoms with Crippen molar-refractivity contribution in [2.45, 2.75) is 120 Å². The summed E-state index contributed by atoms with van der Waals surface area (Å²) >= 11 is 37.2. The van der Waals surface area contributed by atoms with Crippen LogP contribution in [0.2, 0.25) is 0 Å². The van der Waals surface area contributed by atoms with E-state index in [0.29, 0.717) is 33.4 Å². The lowest BCUT2D eigenvalue weighted by Crippen LogP contribution is -2.67. The molecule has 662 valence electrons. The smallest absolute Gasteiger partial charge is 0.445 e. The molecule has 2 heterocycles. The monoisotopic (exact) mass is 1880 g/mol. The Bertz CT molecular complexity index is 4790. The van der Waals surface area contributed by atoms with Crippen LogP contribution in [0.5, 0.6) is 0 Å². The van der Waals surface area contributed by atoms with Gasteiger partial charge in [0, 0.05) is 11.8 Å². The number of halogens is 6. The normalized spacial score (nSPS) is 19.9. The number of carbonyl (C=O) groups is 4. The summed E-state index contributed by atoms with van der Waals surface area (Å²) in [6, 6.07) is 79.9. The molecule has 126 heavy (non-hydrogen) atoms. The van der Waals surface area contributed by atoms with E-state index in [2.05, 4.69) is 10.6 Å². The molecule has 0 radical (unpaired) electrons. The van der Waals surface area contributed by atoms with Gasteiger partial charge >= 0.3 is 40.1 Å². The van der Waals surface area contributed by atoms with E-state index in [4.69, 9.17) is 154 Å². The highest BCUT2D eigenvalue weighted by molar-refractivity contribution is 7.48. The number of carbonyl (C=O) groups excluding carboxylic acids is 4. The van der Waals surface area contributed by atoms with Crippen LogP contribution in [0.15, 0.2) is 279 Å². The second kappa shape index (κ2) is 44.8. The molecule has 14 rings (SSSR count). The number of ether oxygens (including phenoxy) is 12. The first-order chi connectivity index (χ1) is 61.1. The number of fused-ring (bicyclic) bond motifs is 6. The highest BCUT2D eigenvalue weighted by Gasteiger charge is 2.57. The fraction of sp³-hybridized carbons (Fsp3) is 0.304. The number of nitrogens with one attached hydrogen (secondary N) is 2. The highest BCUT2D eigenvalue weighted by Crippen LogP contribution is 2.56. The van der Waals surface area contributed by atoms with Gasteiger partial charge in [-0.2, -0.15) is 0 Å². The fourth-order valence-electron chi connectivity index (χ4n) is 14.8. The third-order valence-corrected chi connectivity index (χ3v) is 24.0. The SMILES string of the molecule is O=C(N[C@H]1[C@@H](OCCO[C@H]2O[C@H](COCc3ccccc3)[C@@H](OP(=O)(OCc3ccccc3)OCc3ccccc3)[C@H](OC(=O)OCC3c4ccccc4-c4ccccc43)[C@H]2NC(=O)OCC(Cl)(Cl)Cl)O[C@H](COCc2ccccc2)[C@@H](OP(=O)(OCc2ccccc2)OCc2ccccc2)[C@@H]1OC(=O)OCC1c2ccccc2-c2ccccc21)OCC(Cl)(Cl)Cl. The van der Waals surface area contributed by atoms with Gasteiger partial charge in [-0.15, -0.1) is 0 Å².